The van der Waals surface area contributed by atoms with Gasteiger partial charge < -0.3 is 10.6 Å². The minimum Gasteiger partial charge on any atom is -0.330 e. The van der Waals surface area contributed by atoms with E-state index in [1.807, 2.05) is 26.8 Å². The molecule has 1 aromatic rings. The molecule has 1 atom stereocenters. The third-order valence-corrected chi connectivity index (χ3v) is 2.74. The Morgan fingerprint density at radius 2 is 2.00 bits per heavy atom. The number of carbonyl (C=O) groups excluding carboxylic acids is 1. The van der Waals surface area contributed by atoms with Crippen molar-refractivity contribution in [1.82, 2.24) is 5.32 Å². The number of urea groups is 1. The molecule has 1 aliphatic heterocycles. The molecule has 3 nitrogen and oxygen atoms in total. The average molecular weight is 222 g/mol. The van der Waals surface area contributed by atoms with E-state index in [1.54, 1.807) is 6.07 Å². The maximum absolute atomic E-state index is 13.6. The van der Waals surface area contributed by atoms with Gasteiger partial charge in [-0.3, -0.25) is 0 Å². The Kier molecular flexibility index (Phi) is 2.37. The quantitative estimate of drug-likeness (QED) is 0.696. The Bertz CT molecular complexity index is 437. The Morgan fingerprint density at radius 1 is 1.31 bits per heavy atom. The molecule has 16 heavy (non-hydrogen) atoms. The number of carbonyl (C=O) groups is 1. The summed E-state index contributed by atoms with van der Waals surface area (Å²) in [5.74, 6) is -0.387. The molecule has 1 aromatic carbocycles. The molecule has 0 spiro atoms. The molecule has 0 radical (unpaired) electrons. The first kappa shape index (κ1) is 10.9. The molecule has 1 unspecified atom stereocenters. The zero-order chi connectivity index (χ0) is 11.9. The Morgan fingerprint density at radius 3 is 2.62 bits per heavy atom. The van der Waals surface area contributed by atoms with Gasteiger partial charge in [-0.2, -0.15) is 0 Å². The van der Waals surface area contributed by atoms with Crippen molar-refractivity contribution in [1.29, 1.82) is 0 Å². The van der Waals surface area contributed by atoms with E-state index in [0.717, 1.165) is 5.56 Å². The van der Waals surface area contributed by atoms with Crippen LogP contribution in [0.1, 0.15) is 32.4 Å². The summed E-state index contributed by atoms with van der Waals surface area (Å²) in [5, 5.41) is 5.33. The van der Waals surface area contributed by atoms with Gasteiger partial charge in [0.25, 0.3) is 0 Å². The van der Waals surface area contributed by atoms with Crippen molar-refractivity contribution in [3.63, 3.8) is 0 Å². The van der Waals surface area contributed by atoms with Gasteiger partial charge in [-0.25, -0.2) is 9.18 Å². The van der Waals surface area contributed by atoms with E-state index in [4.69, 9.17) is 0 Å². The summed E-state index contributed by atoms with van der Waals surface area (Å²) < 4.78 is 13.6. The van der Waals surface area contributed by atoms with Gasteiger partial charge in [0.1, 0.15) is 5.82 Å². The number of rotatable bonds is 0. The zero-order valence-electron chi connectivity index (χ0n) is 9.60. The number of fused-ring (bicyclic) bond motifs is 1. The van der Waals surface area contributed by atoms with Crippen molar-refractivity contribution in [3.8, 4) is 0 Å². The monoisotopic (exact) mass is 222 g/mol. The van der Waals surface area contributed by atoms with Crippen LogP contribution in [0.25, 0.3) is 0 Å². The number of para-hydroxylation sites is 1. The largest absolute Gasteiger partial charge is 0.330 e. The van der Waals surface area contributed by atoms with Crippen LogP contribution in [0.4, 0.5) is 14.9 Å². The molecule has 2 amide bonds. The van der Waals surface area contributed by atoms with Crippen LogP contribution in [-0.4, -0.2) is 6.03 Å². The number of hydrogen-bond acceptors (Lipinski definition) is 1. The summed E-state index contributed by atoms with van der Waals surface area (Å²) in [7, 11) is 0. The van der Waals surface area contributed by atoms with Crippen LogP contribution in [0.15, 0.2) is 18.2 Å². The molecule has 0 bridgehead atoms. The number of anilines is 1. The van der Waals surface area contributed by atoms with E-state index in [9.17, 15) is 9.18 Å². The molecule has 2 N–H and O–H groups in total. The number of hydrogen-bond donors (Lipinski definition) is 2. The third kappa shape index (κ3) is 1.75. The highest BCUT2D eigenvalue weighted by Crippen LogP contribution is 2.39. The molecule has 0 fully saturated rings. The highest BCUT2D eigenvalue weighted by Gasteiger charge is 2.34. The van der Waals surface area contributed by atoms with Crippen molar-refractivity contribution in [2.24, 2.45) is 5.41 Å². The van der Waals surface area contributed by atoms with Crippen molar-refractivity contribution in [3.05, 3.63) is 29.6 Å². The van der Waals surface area contributed by atoms with E-state index in [2.05, 4.69) is 10.6 Å². The van der Waals surface area contributed by atoms with E-state index < -0.39 is 0 Å². The summed E-state index contributed by atoms with van der Waals surface area (Å²) >= 11 is 0. The van der Waals surface area contributed by atoms with Gasteiger partial charge in [0.15, 0.2) is 0 Å². The summed E-state index contributed by atoms with van der Waals surface area (Å²) in [5.41, 5.74) is 0.943. The van der Waals surface area contributed by atoms with Crippen molar-refractivity contribution >= 4 is 11.7 Å². The lowest BCUT2D eigenvalue weighted by Gasteiger charge is -2.36. The predicted octanol–water partition coefficient (Wildman–Crippen LogP) is 3.05. The van der Waals surface area contributed by atoms with Crippen LogP contribution in [0.2, 0.25) is 0 Å². The molecule has 1 aliphatic rings. The normalized spacial score (nSPS) is 19.8. The first-order valence-corrected chi connectivity index (χ1v) is 5.25. The molecule has 0 aromatic heterocycles. The highest BCUT2D eigenvalue weighted by molar-refractivity contribution is 5.93. The number of benzene rings is 1. The van der Waals surface area contributed by atoms with E-state index in [0.29, 0.717) is 5.69 Å². The van der Waals surface area contributed by atoms with Gasteiger partial charge in [-0.05, 0) is 11.5 Å². The third-order valence-electron chi connectivity index (χ3n) is 2.74. The van der Waals surface area contributed by atoms with E-state index >= 15 is 0 Å². The van der Waals surface area contributed by atoms with Gasteiger partial charge >= 0.3 is 6.03 Å². The first-order chi connectivity index (χ1) is 7.39. The minimum atomic E-state index is -0.387. The minimum absolute atomic E-state index is 0.152. The number of halogens is 1. The highest BCUT2D eigenvalue weighted by atomic mass is 19.1. The van der Waals surface area contributed by atoms with Crippen LogP contribution in [-0.2, 0) is 0 Å². The fraction of sp³-hybridized carbons (Fsp3) is 0.417. The zero-order valence-corrected chi connectivity index (χ0v) is 9.60. The number of amides is 2. The molecule has 0 saturated carbocycles. The smallest absolute Gasteiger partial charge is 0.319 e. The summed E-state index contributed by atoms with van der Waals surface area (Å²) in [6.07, 6.45) is 0. The maximum Gasteiger partial charge on any atom is 0.319 e. The van der Waals surface area contributed by atoms with Crippen LogP contribution < -0.4 is 10.6 Å². The standard InChI is InChI=1S/C12H15FN2O/c1-12(2,3)10-7-5-4-6-8(13)9(7)14-11(16)15-10/h4-6,10H,1-3H3,(H2,14,15,16). The SMILES string of the molecule is CC(C)(C)C1NC(=O)Nc2c(F)cccc21. The first-order valence-electron chi connectivity index (χ1n) is 5.25. The molecular weight excluding hydrogens is 207 g/mol. The second kappa shape index (κ2) is 3.47. The van der Waals surface area contributed by atoms with Crippen molar-refractivity contribution < 1.29 is 9.18 Å². The second-order valence-electron chi connectivity index (χ2n) is 5.10. The topological polar surface area (TPSA) is 41.1 Å². The molecule has 4 heteroatoms. The van der Waals surface area contributed by atoms with Crippen LogP contribution in [0, 0.1) is 11.2 Å². The molecule has 1 heterocycles. The molecule has 2 rings (SSSR count). The fourth-order valence-corrected chi connectivity index (χ4v) is 1.95. The van der Waals surface area contributed by atoms with Crippen molar-refractivity contribution in [2.75, 3.05) is 5.32 Å². The Hall–Kier alpha value is -1.58. The summed E-state index contributed by atoms with van der Waals surface area (Å²) in [6, 6.07) is 4.32. The maximum atomic E-state index is 13.6. The molecule has 86 valence electrons. The van der Waals surface area contributed by atoms with Gasteiger partial charge in [-0.1, -0.05) is 32.9 Å². The average Bonchev–Trinajstić information content (AvgIpc) is 2.17. The number of nitrogens with one attached hydrogen (secondary N) is 2. The lowest BCUT2D eigenvalue weighted by molar-refractivity contribution is 0.225. The second-order valence-corrected chi connectivity index (χ2v) is 5.10. The van der Waals surface area contributed by atoms with Gasteiger partial charge in [0, 0.05) is 5.56 Å². The van der Waals surface area contributed by atoms with Gasteiger partial charge in [0.2, 0.25) is 0 Å². The van der Waals surface area contributed by atoms with Crippen LogP contribution in [0.5, 0.6) is 0 Å². The Labute approximate surface area is 94.0 Å². The van der Waals surface area contributed by atoms with Crippen LogP contribution in [0.3, 0.4) is 0 Å². The van der Waals surface area contributed by atoms with Gasteiger partial charge in [-0.15, -0.1) is 0 Å². The van der Waals surface area contributed by atoms with E-state index in [1.165, 1.54) is 6.07 Å². The lowest BCUT2D eigenvalue weighted by atomic mass is 9.81. The van der Waals surface area contributed by atoms with Crippen LogP contribution >= 0.6 is 0 Å². The molecule has 0 saturated heterocycles. The fourth-order valence-electron chi connectivity index (χ4n) is 1.95. The summed E-state index contributed by atoms with van der Waals surface area (Å²) in [6.45, 7) is 6.04. The summed E-state index contributed by atoms with van der Waals surface area (Å²) in [4.78, 5) is 11.4. The lowest BCUT2D eigenvalue weighted by Crippen LogP contribution is -2.43. The van der Waals surface area contributed by atoms with Crippen molar-refractivity contribution in [2.45, 2.75) is 26.8 Å². The Balaban J connectivity index is 2.55. The predicted molar refractivity (Wildman–Crippen MR) is 60.8 cm³/mol. The van der Waals surface area contributed by atoms with Gasteiger partial charge in [0.05, 0.1) is 11.7 Å². The molecular formula is C12H15FN2O. The van der Waals surface area contributed by atoms with E-state index in [-0.39, 0.29) is 23.3 Å². The molecule has 0 aliphatic carbocycles.